The van der Waals surface area contributed by atoms with Crippen LogP contribution in [0.4, 0.5) is 5.69 Å². The molecule has 0 atom stereocenters. The predicted molar refractivity (Wildman–Crippen MR) is 95.9 cm³/mol. The van der Waals surface area contributed by atoms with Crippen LogP contribution in [-0.4, -0.2) is 16.0 Å². The smallest absolute Gasteiger partial charge is 0.255 e. The van der Waals surface area contributed by atoms with Crippen molar-refractivity contribution in [2.24, 2.45) is 0 Å². The van der Waals surface area contributed by atoms with Crippen LogP contribution in [0.2, 0.25) is 5.02 Å². The van der Waals surface area contributed by atoms with E-state index in [1.54, 1.807) is 18.2 Å². The Morgan fingerprint density at radius 1 is 1.20 bits per heavy atom. The quantitative estimate of drug-likeness (QED) is 0.729. The van der Waals surface area contributed by atoms with Gasteiger partial charge >= 0.3 is 0 Å². The van der Waals surface area contributed by atoms with Crippen molar-refractivity contribution < 1.29 is 9.32 Å². The maximum atomic E-state index is 12.4. The van der Waals surface area contributed by atoms with Crippen molar-refractivity contribution in [3.8, 4) is 11.4 Å². The maximum absolute atomic E-state index is 12.4. The second-order valence-corrected chi connectivity index (χ2v) is 6.58. The molecule has 0 spiro atoms. The summed E-state index contributed by atoms with van der Waals surface area (Å²) in [6, 6.07) is 12.6. The van der Waals surface area contributed by atoms with Gasteiger partial charge in [0.05, 0.1) is 0 Å². The Labute approximate surface area is 150 Å². The largest absolute Gasteiger partial charge is 0.339 e. The van der Waals surface area contributed by atoms with Crippen LogP contribution in [0.3, 0.4) is 0 Å². The first-order chi connectivity index (χ1) is 12.1. The molecule has 2 aromatic carbocycles. The van der Waals surface area contributed by atoms with Gasteiger partial charge in [-0.05, 0) is 49.6 Å². The molecule has 0 saturated heterocycles. The molecule has 1 aliphatic carbocycles. The molecule has 3 aromatic rings. The minimum Gasteiger partial charge on any atom is -0.339 e. The van der Waals surface area contributed by atoms with Crippen LogP contribution >= 0.6 is 11.6 Å². The average Bonchev–Trinajstić information content (AvgIpc) is 3.36. The Balaban J connectivity index is 1.50. The minimum absolute atomic E-state index is 0.191. The van der Waals surface area contributed by atoms with Crippen molar-refractivity contribution in [2.45, 2.75) is 25.7 Å². The molecule has 4 rings (SSSR count). The maximum Gasteiger partial charge on any atom is 0.255 e. The number of benzene rings is 2. The lowest BCUT2D eigenvalue weighted by Crippen LogP contribution is -2.12. The Bertz CT molecular complexity index is 930. The third-order valence-corrected chi connectivity index (χ3v) is 4.70. The Hall–Kier alpha value is -2.66. The molecule has 1 N–H and O–H groups in total. The minimum atomic E-state index is -0.191. The van der Waals surface area contributed by atoms with Crippen LogP contribution in [0.15, 0.2) is 47.0 Å². The average molecular weight is 354 g/mol. The molecular formula is C19H16ClN3O2. The van der Waals surface area contributed by atoms with Gasteiger partial charge in [-0.2, -0.15) is 4.98 Å². The monoisotopic (exact) mass is 353 g/mol. The fourth-order valence-corrected chi connectivity index (χ4v) is 2.73. The molecule has 1 saturated carbocycles. The molecule has 1 aromatic heterocycles. The summed E-state index contributed by atoms with van der Waals surface area (Å²) >= 11 is 6.09. The van der Waals surface area contributed by atoms with Crippen LogP contribution < -0.4 is 5.32 Å². The molecule has 0 aliphatic heterocycles. The summed E-state index contributed by atoms with van der Waals surface area (Å²) in [5, 5.41) is 7.51. The third-order valence-electron chi connectivity index (χ3n) is 4.29. The fourth-order valence-electron chi connectivity index (χ4n) is 2.56. The van der Waals surface area contributed by atoms with E-state index in [9.17, 15) is 4.79 Å². The van der Waals surface area contributed by atoms with Crippen molar-refractivity contribution in [1.82, 2.24) is 10.1 Å². The highest BCUT2D eigenvalue weighted by Gasteiger charge is 2.29. The van der Waals surface area contributed by atoms with Gasteiger partial charge in [0.25, 0.3) is 5.91 Å². The summed E-state index contributed by atoms with van der Waals surface area (Å²) in [6.07, 6.45) is 2.23. The molecule has 1 amide bonds. The van der Waals surface area contributed by atoms with Crippen LogP contribution in [0.25, 0.3) is 11.4 Å². The van der Waals surface area contributed by atoms with E-state index in [1.807, 2.05) is 31.2 Å². The van der Waals surface area contributed by atoms with Gasteiger partial charge in [-0.15, -0.1) is 0 Å². The Morgan fingerprint density at radius 3 is 2.68 bits per heavy atom. The van der Waals surface area contributed by atoms with Crippen LogP contribution in [-0.2, 0) is 0 Å². The molecule has 1 aliphatic rings. The summed E-state index contributed by atoms with van der Waals surface area (Å²) in [7, 11) is 0. The fraction of sp³-hybridized carbons (Fsp3) is 0.211. The van der Waals surface area contributed by atoms with Gasteiger partial charge in [-0.3, -0.25) is 4.79 Å². The van der Waals surface area contributed by atoms with E-state index in [4.69, 9.17) is 16.1 Å². The summed E-state index contributed by atoms with van der Waals surface area (Å²) in [5.74, 6) is 1.49. The number of nitrogens with one attached hydrogen (secondary N) is 1. The van der Waals surface area contributed by atoms with Crippen molar-refractivity contribution in [1.29, 1.82) is 0 Å². The second kappa shape index (κ2) is 6.33. The molecule has 0 unspecified atom stereocenters. The number of carbonyl (C=O) groups excluding carboxylic acids is 1. The molecule has 0 radical (unpaired) electrons. The Morgan fingerprint density at radius 2 is 1.96 bits per heavy atom. The number of rotatable bonds is 4. The van der Waals surface area contributed by atoms with Crippen molar-refractivity contribution >= 4 is 23.2 Å². The molecule has 0 bridgehead atoms. The highest BCUT2D eigenvalue weighted by molar-refractivity contribution is 6.31. The van der Waals surface area contributed by atoms with Gasteiger partial charge < -0.3 is 9.84 Å². The number of aromatic nitrogens is 2. The summed E-state index contributed by atoms with van der Waals surface area (Å²) in [4.78, 5) is 16.8. The predicted octanol–water partition coefficient (Wildman–Crippen LogP) is 4.83. The SMILES string of the molecule is Cc1c(Cl)cccc1NC(=O)c1ccc(-c2noc(C3CC3)n2)cc1. The molecule has 6 heteroatoms. The normalized spacial score (nSPS) is 13.7. The van der Waals surface area contributed by atoms with E-state index in [1.165, 1.54) is 0 Å². The number of hydrogen-bond donors (Lipinski definition) is 1. The number of carbonyl (C=O) groups is 1. The van der Waals surface area contributed by atoms with Gasteiger partial charge in [-0.1, -0.05) is 35.0 Å². The summed E-state index contributed by atoms with van der Waals surface area (Å²) in [5.41, 5.74) is 2.92. The number of halogens is 1. The second-order valence-electron chi connectivity index (χ2n) is 6.17. The molecule has 1 fully saturated rings. The number of nitrogens with zero attached hydrogens (tertiary/aromatic N) is 2. The molecular weight excluding hydrogens is 338 g/mol. The lowest BCUT2D eigenvalue weighted by molar-refractivity contribution is 0.102. The van der Waals surface area contributed by atoms with Crippen molar-refractivity contribution in [3.63, 3.8) is 0 Å². The Kier molecular flexibility index (Phi) is 4.01. The molecule has 126 valence electrons. The standard InChI is InChI=1S/C19H16ClN3O2/c1-11-15(20)3-2-4-16(11)21-18(24)13-7-5-12(6-8-13)17-22-19(25-23-17)14-9-10-14/h2-8,14H,9-10H2,1H3,(H,21,24). The highest BCUT2D eigenvalue weighted by atomic mass is 35.5. The molecule has 25 heavy (non-hydrogen) atoms. The zero-order chi connectivity index (χ0) is 17.4. The van der Waals surface area contributed by atoms with Gasteiger partial charge in [0.15, 0.2) is 0 Å². The van der Waals surface area contributed by atoms with Crippen LogP contribution in [0, 0.1) is 6.92 Å². The number of anilines is 1. The van der Waals surface area contributed by atoms with E-state index in [0.717, 1.165) is 24.0 Å². The van der Waals surface area contributed by atoms with E-state index in [2.05, 4.69) is 15.5 Å². The van der Waals surface area contributed by atoms with E-state index in [-0.39, 0.29) is 5.91 Å². The van der Waals surface area contributed by atoms with Crippen molar-refractivity contribution in [3.05, 3.63) is 64.5 Å². The van der Waals surface area contributed by atoms with Gasteiger partial charge in [0, 0.05) is 27.8 Å². The van der Waals surface area contributed by atoms with Gasteiger partial charge in [0.1, 0.15) is 0 Å². The zero-order valence-corrected chi connectivity index (χ0v) is 14.4. The lowest BCUT2D eigenvalue weighted by Gasteiger charge is -2.09. The number of hydrogen-bond acceptors (Lipinski definition) is 4. The first kappa shape index (κ1) is 15.8. The van der Waals surface area contributed by atoms with E-state index < -0.39 is 0 Å². The van der Waals surface area contributed by atoms with E-state index >= 15 is 0 Å². The number of amides is 1. The van der Waals surface area contributed by atoms with E-state index in [0.29, 0.717) is 33.9 Å². The van der Waals surface area contributed by atoms with Crippen LogP contribution in [0.5, 0.6) is 0 Å². The van der Waals surface area contributed by atoms with Gasteiger partial charge in [-0.25, -0.2) is 0 Å². The molecule has 1 heterocycles. The summed E-state index contributed by atoms with van der Waals surface area (Å²) < 4.78 is 5.27. The zero-order valence-electron chi connectivity index (χ0n) is 13.6. The summed E-state index contributed by atoms with van der Waals surface area (Å²) in [6.45, 7) is 1.87. The van der Waals surface area contributed by atoms with Crippen molar-refractivity contribution in [2.75, 3.05) is 5.32 Å². The first-order valence-corrected chi connectivity index (χ1v) is 8.50. The lowest BCUT2D eigenvalue weighted by atomic mass is 10.1. The molecule has 5 nitrogen and oxygen atoms in total. The van der Waals surface area contributed by atoms with Crippen LogP contribution in [0.1, 0.15) is 40.6 Å². The van der Waals surface area contributed by atoms with Gasteiger partial charge in [0.2, 0.25) is 11.7 Å². The third kappa shape index (κ3) is 3.28. The topological polar surface area (TPSA) is 68.0 Å². The highest BCUT2D eigenvalue weighted by Crippen LogP contribution is 2.39. The first-order valence-electron chi connectivity index (χ1n) is 8.12.